The maximum atomic E-state index is 11.9. The summed E-state index contributed by atoms with van der Waals surface area (Å²) in [5.41, 5.74) is -0.368. The Morgan fingerprint density at radius 1 is 1.29 bits per heavy atom. The van der Waals surface area contributed by atoms with Gasteiger partial charge in [-0.25, -0.2) is 4.79 Å². The standard InChI is InChI=1S/C15H19NO5/c1-15(2,3)16-13(17)9-20-14(18)12-8-19-10-6-4-5-7-11(10)21-12/h4-7,12H,8-9H2,1-3H3,(H,16,17)/t12-/m0/s1. The van der Waals surface area contributed by atoms with Crippen molar-refractivity contribution in [2.45, 2.75) is 32.4 Å². The second kappa shape index (κ2) is 6.03. The van der Waals surface area contributed by atoms with Crippen LogP contribution in [0.5, 0.6) is 11.5 Å². The number of esters is 1. The summed E-state index contributed by atoms with van der Waals surface area (Å²) >= 11 is 0. The molecule has 1 aliphatic heterocycles. The predicted octanol–water partition coefficient (Wildman–Crippen LogP) is 1.28. The highest BCUT2D eigenvalue weighted by Gasteiger charge is 2.29. The highest BCUT2D eigenvalue weighted by molar-refractivity contribution is 5.82. The van der Waals surface area contributed by atoms with E-state index in [4.69, 9.17) is 14.2 Å². The van der Waals surface area contributed by atoms with E-state index in [1.807, 2.05) is 26.8 Å². The van der Waals surface area contributed by atoms with Crippen molar-refractivity contribution in [3.63, 3.8) is 0 Å². The number of carbonyl (C=O) groups is 2. The summed E-state index contributed by atoms with van der Waals surface area (Å²) in [7, 11) is 0. The van der Waals surface area contributed by atoms with Crippen LogP contribution in [0.3, 0.4) is 0 Å². The summed E-state index contributed by atoms with van der Waals surface area (Å²) in [6.07, 6.45) is -0.859. The smallest absolute Gasteiger partial charge is 0.351 e. The minimum absolute atomic E-state index is 0.0662. The molecule has 0 spiro atoms. The first kappa shape index (κ1) is 15.2. The van der Waals surface area contributed by atoms with Crippen LogP contribution in [0.1, 0.15) is 20.8 Å². The molecule has 0 unspecified atom stereocenters. The quantitative estimate of drug-likeness (QED) is 0.850. The van der Waals surface area contributed by atoms with E-state index >= 15 is 0 Å². The molecule has 114 valence electrons. The number of rotatable bonds is 3. The molecule has 1 aromatic rings. The van der Waals surface area contributed by atoms with E-state index in [1.54, 1.807) is 18.2 Å². The van der Waals surface area contributed by atoms with E-state index in [-0.39, 0.29) is 24.7 Å². The van der Waals surface area contributed by atoms with Crippen molar-refractivity contribution in [2.24, 2.45) is 0 Å². The number of fused-ring (bicyclic) bond motifs is 1. The SMILES string of the molecule is CC(C)(C)NC(=O)COC(=O)[C@@H]1COc2ccccc2O1. The summed E-state index contributed by atoms with van der Waals surface area (Å²) in [5.74, 6) is 0.110. The maximum absolute atomic E-state index is 11.9. The normalized spacial score (nSPS) is 17.0. The molecular weight excluding hydrogens is 274 g/mol. The van der Waals surface area contributed by atoms with Crippen molar-refractivity contribution >= 4 is 11.9 Å². The Labute approximate surface area is 123 Å². The third-order valence-corrected chi connectivity index (χ3v) is 2.63. The monoisotopic (exact) mass is 293 g/mol. The largest absolute Gasteiger partial charge is 0.485 e. The van der Waals surface area contributed by atoms with E-state index in [1.165, 1.54) is 0 Å². The molecule has 1 amide bonds. The van der Waals surface area contributed by atoms with Crippen molar-refractivity contribution in [3.05, 3.63) is 24.3 Å². The van der Waals surface area contributed by atoms with Crippen molar-refractivity contribution in [1.82, 2.24) is 5.32 Å². The zero-order valence-corrected chi connectivity index (χ0v) is 12.3. The van der Waals surface area contributed by atoms with Crippen LogP contribution >= 0.6 is 0 Å². The number of ether oxygens (including phenoxy) is 3. The molecule has 21 heavy (non-hydrogen) atoms. The number of nitrogens with one attached hydrogen (secondary N) is 1. The first-order valence-electron chi connectivity index (χ1n) is 6.71. The van der Waals surface area contributed by atoms with Crippen LogP contribution < -0.4 is 14.8 Å². The first-order valence-corrected chi connectivity index (χ1v) is 6.71. The number of carbonyl (C=O) groups excluding carboxylic acids is 2. The van der Waals surface area contributed by atoms with Gasteiger partial charge >= 0.3 is 5.97 Å². The van der Waals surface area contributed by atoms with Gasteiger partial charge in [0.05, 0.1) is 0 Å². The molecule has 0 aromatic heterocycles. The van der Waals surface area contributed by atoms with Crippen molar-refractivity contribution < 1.29 is 23.8 Å². The summed E-state index contributed by atoms with van der Waals surface area (Å²) in [6.45, 7) is 5.28. The Morgan fingerprint density at radius 2 is 1.95 bits per heavy atom. The molecule has 6 heteroatoms. The lowest BCUT2D eigenvalue weighted by Crippen LogP contribution is -2.44. The molecule has 1 atom stereocenters. The van der Waals surface area contributed by atoms with Crippen LogP contribution in [0.25, 0.3) is 0 Å². The molecule has 1 aromatic carbocycles. The third-order valence-electron chi connectivity index (χ3n) is 2.63. The van der Waals surface area contributed by atoms with Crippen LogP contribution in [-0.4, -0.2) is 36.7 Å². The molecule has 0 radical (unpaired) electrons. The summed E-state index contributed by atoms with van der Waals surface area (Å²) in [5, 5.41) is 2.70. The van der Waals surface area contributed by atoms with Gasteiger partial charge in [0.2, 0.25) is 6.10 Å². The zero-order chi connectivity index (χ0) is 15.5. The lowest BCUT2D eigenvalue weighted by Gasteiger charge is -2.25. The average Bonchev–Trinajstić information content (AvgIpc) is 2.42. The van der Waals surface area contributed by atoms with Crippen molar-refractivity contribution in [2.75, 3.05) is 13.2 Å². The molecular formula is C15H19NO5. The molecule has 0 aliphatic carbocycles. The minimum atomic E-state index is -0.859. The van der Waals surface area contributed by atoms with Crippen LogP contribution in [-0.2, 0) is 14.3 Å². The topological polar surface area (TPSA) is 73.9 Å². The second-order valence-electron chi connectivity index (χ2n) is 5.77. The number of hydrogen-bond donors (Lipinski definition) is 1. The Hall–Kier alpha value is -2.24. The molecule has 0 fully saturated rings. The van der Waals surface area contributed by atoms with Crippen molar-refractivity contribution in [3.8, 4) is 11.5 Å². The summed E-state index contributed by atoms with van der Waals surface area (Å²) in [6, 6.07) is 7.07. The number of para-hydroxylation sites is 2. The van der Waals surface area contributed by atoms with Gasteiger partial charge in [-0.3, -0.25) is 4.79 Å². The van der Waals surface area contributed by atoms with E-state index in [2.05, 4.69) is 5.32 Å². The minimum Gasteiger partial charge on any atom is -0.485 e. The van der Waals surface area contributed by atoms with E-state index < -0.39 is 12.1 Å². The van der Waals surface area contributed by atoms with Gasteiger partial charge in [0, 0.05) is 5.54 Å². The molecule has 1 aliphatic rings. The number of benzene rings is 1. The fourth-order valence-electron chi connectivity index (χ4n) is 1.82. The number of hydrogen-bond acceptors (Lipinski definition) is 5. The molecule has 6 nitrogen and oxygen atoms in total. The van der Waals surface area contributed by atoms with Gasteiger partial charge in [-0.2, -0.15) is 0 Å². The fourth-order valence-corrected chi connectivity index (χ4v) is 1.82. The van der Waals surface area contributed by atoms with Gasteiger partial charge in [0.25, 0.3) is 5.91 Å². The first-order chi connectivity index (χ1) is 9.85. The lowest BCUT2D eigenvalue weighted by atomic mass is 10.1. The van der Waals surface area contributed by atoms with Crippen LogP contribution in [0, 0.1) is 0 Å². The highest BCUT2D eigenvalue weighted by atomic mass is 16.6. The van der Waals surface area contributed by atoms with E-state index in [0.717, 1.165) is 0 Å². The Morgan fingerprint density at radius 3 is 2.62 bits per heavy atom. The third kappa shape index (κ3) is 4.37. The average molecular weight is 293 g/mol. The van der Waals surface area contributed by atoms with Crippen molar-refractivity contribution in [1.29, 1.82) is 0 Å². The van der Waals surface area contributed by atoms with Gasteiger partial charge < -0.3 is 19.5 Å². The van der Waals surface area contributed by atoms with Crippen LogP contribution in [0.2, 0.25) is 0 Å². The van der Waals surface area contributed by atoms with Gasteiger partial charge in [0.1, 0.15) is 6.61 Å². The Balaban J connectivity index is 1.84. The van der Waals surface area contributed by atoms with Gasteiger partial charge in [0.15, 0.2) is 18.1 Å². The summed E-state index contributed by atoms with van der Waals surface area (Å²) < 4.78 is 15.9. The maximum Gasteiger partial charge on any atom is 0.351 e. The Bertz CT molecular complexity index is 535. The van der Waals surface area contributed by atoms with Gasteiger partial charge in [-0.05, 0) is 32.9 Å². The molecule has 0 saturated heterocycles. The lowest BCUT2D eigenvalue weighted by molar-refractivity contribution is -0.158. The fraction of sp³-hybridized carbons (Fsp3) is 0.467. The number of amides is 1. The Kier molecular flexibility index (Phi) is 4.35. The highest BCUT2D eigenvalue weighted by Crippen LogP contribution is 2.31. The summed E-state index contributed by atoms with van der Waals surface area (Å²) in [4.78, 5) is 23.5. The predicted molar refractivity (Wildman–Crippen MR) is 75.2 cm³/mol. The molecule has 0 bridgehead atoms. The molecule has 1 N–H and O–H groups in total. The molecule has 1 heterocycles. The van der Waals surface area contributed by atoms with Crippen LogP contribution in [0.4, 0.5) is 0 Å². The van der Waals surface area contributed by atoms with E-state index in [0.29, 0.717) is 11.5 Å². The zero-order valence-electron chi connectivity index (χ0n) is 12.3. The van der Waals surface area contributed by atoms with Crippen LogP contribution in [0.15, 0.2) is 24.3 Å². The second-order valence-corrected chi connectivity index (χ2v) is 5.77. The van der Waals surface area contributed by atoms with Gasteiger partial charge in [-0.15, -0.1) is 0 Å². The van der Waals surface area contributed by atoms with E-state index in [9.17, 15) is 9.59 Å². The molecule has 0 saturated carbocycles. The van der Waals surface area contributed by atoms with Gasteiger partial charge in [-0.1, -0.05) is 12.1 Å². The molecule has 2 rings (SSSR count).